The maximum atomic E-state index is 12.8. The van der Waals surface area contributed by atoms with Gasteiger partial charge in [0.05, 0.1) is 5.60 Å². The summed E-state index contributed by atoms with van der Waals surface area (Å²) in [6.07, 6.45) is 1.69. The molecule has 1 N–H and O–H groups in total. The fourth-order valence-corrected chi connectivity index (χ4v) is 3.09. The summed E-state index contributed by atoms with van der Waals surface area (Å²) in [5.74, 6) is 0. The van der Waals surface area contributed by atoms with E-state index in [9.17, 15) is 9.90 Å². The fraction of sp³-hybridized carbons (Fsp3) is 0.706. The number of hydrogen-bond acceptors (Lipinski definition) is 4. The van der Waals surface area contributed by atoms with Gasteiger partial charge >= 0.3 is 0 Å². The van der Waals surface area contributed by atoms with Crippen LogP contribution in [0.1, 0.15) is 44.0 Å². The Balaban J connectivity index is 2.48. The second-order valence-electron chi connectivity index (χ2n) is 6.51. The molecule has 5 heteroatoms. The number of methoxy groups -OCH3 is 1. The van der Waals surface area contributed by atoms with Crippen molar-refractivity contribution in [2.75, 3.05) is 26.8 Å². The first-order valence-electron chi connectivity index (χ1n) is 8.08. The molecule has 0 saturated carbocycles. The van der Waals surface area contributed by atoms with Crippen molar-refractivity contribution in [3.8, 4) is 0 Å². The molecule has 22 heavy (non-hydrogen) atoms. The molecule has 1 aromatic heterocycles. The molecule has 0 aromatic carbocycles. The highest BCUT2D eigenvalue weighted by Gasteiger charge is 2.26. The first-order chi connectivity index (χ1) is 10.4. The van der Waals surface area contributed by atoms with Gasteiger partial charge in [-0.2, -0.15) is 0 Å². The van der Waals surface area contributed by atoms with Crippen molar-refractivity contribution >= 4 is 0 Å². The summed E-state index contributed by atoms with van der Waals surface area (Å²) in [5, 5.41) is 10.3. The van der Waals surface area contributed by atoms with Crippen molar-refractivity contribution in [2.24, 2.45) is 0 Å². The Labute approximate surface area is 132 Å². The van der Waals surface area contributed by atoms with Crippen molar-refractivity contribution in [1.29, 1.82) is 0 Å². The van der Waals surface area contributed by atoms with Crippen molar-refractivity contribution in [2.45, 2.75) is 52.3 Å². The monoisotopic (exact) mass is 308 g/mol. The van der Waals surface area contributed by atoms with Crippen LogP contribution in [0.25, 0.3) is 0 Å². The third kappa shape index (κ3) is 3.59. The van der Waals surface area contributed by atoms with Gasteiger partial charge in [0, 0.05) is 51.0 Å². The van der Waals surface area contributed by atoms with Crippen LogP contribution in [0.2, 0.25) is 0 Å². The number of hydrogen-bond donors (Lipinski definition) is 1. The van der Waals surface area contributed by atoms with Crippen LogP contribution in [0.3, 0.4) is 0 Å². The van der Waals surface area contributed by atoms with Crippen LogP contribution in [-0.2, 0) is 29.8 Å². The molecular formula is C17H28N2O3. The zero-order valence-electron chi connectivity index (χ0n) is 14.2. The molecule has 2 heterocycles. The molecule has 5 nitrogen and oxygen atoms in total. The number of aromatic nitrogens is 1. The summed E-state index contributed by atoms with van der Waals surface area (Å²) >= 11 is 0. The predicted octanol–water partition coefficient (Wildman–Crippen LogP) is 1.49. The van der Waals surface area contributed by atoms with Gasteiger partial charge in [0.15, 0.2) is 0 Å². The molecule has 0 amide bonds. The lowest BCUT2D eigenvalue weighted by molar-refractivity contribution is 0.0759. The van der Waals surface area contributed by atoms with E-state index in [1.807, 2.05) is 10.6 Å². The Morgan fingerprint density at radius 3 is 2.73 bits per heavy atom. The predicted molar refractivity (Wildman–Crippen MR) is 87.1 cm³/mol. The van der Waals surface area contributed by atoms with E-state index in [0.717, 1.165) is 38.2 Å². The molecule has 0 bridgehead atoms. The lowest BCUT2D eigenvalue weighted by atomic mass is 9.94. The van der Waals surface area contributed by atoms with E-state index in [0.29, 0.717) is 18.7 Å². The number of likely N-dealkylation sites (N-methyl/N-ethyl adjacent to an activating group) is 1. The van der Waals surface area contributed by atoms with Gasteiger partial charge in [-0.05, 0) is 38.4 Å². The van der Waals surface area contributed by atoms with Gasteiger partial charge in [-0.15, -0.1) is 0 Å². The number of ether oxygens (including phenoxy) is 1. The molecule has 0 saturated heterocycles. The number of nitrogens with zero attached hydrogens (tertiary/aromatic N) is 2. The summed E-state index contributed by atoms with van der Waals surface area (Å²) in [5.41, 5.74) is 1.60. The van der Waals surface area contributed by atoms with Crippen LogP contribution >= 0.6 is 0 Å². The Bertz CT molecular complexity index is 572. The molecule has 0 unspecified atom stereocenters. The highest BCUT2D eigenvalue weighted by atomic mass is 16.5. The van der Waals surface area contributed by atoms with Crippen LogP contribution in [0.5, 0.6) is 0 Å². The van der Waals surface area contributed by atoms with Crippen LogP contribution in [0.15, 0.2) is 10.9 Å². The molecule has 0 atom stereocenters. The number of fused-ring (bicyclic) bond motifs is 1. The van der Waals surface area contributed by atoms with Gasteiger partial charge in [-0.25, -0.2) is 0 Å². The summed E-state index contributed by atoms with van der Waals surface area (Å²) in [7, 11) is 1.67. The van der Waals surface area contributed by atoms with Gasteiger partial charge < -0.3 is 14.4 Å². The minimum atomic E-state index is -1.12. The Hall–Kier alpha value is -1.17. The largest absolute Gasteiger partial charge is 0.386 e. The average molecular weight is 308 g/mol. The summed E-state index contributed by atoms with van der Waals surface area (Å²) < 4.78 is 6.96. The normalized spacial score (nSPS) is 15.9. The summed E-state index contributed by atoms with van der Waals surface area (Å²) in [6, 6.07) is 1.91. The van der Waals surface area contributed by atoms with Gasteiger partial charge in [-0.1, -0.05) is 6.92 Å². The maximum absolute atomic E-state index is 12.8. The number of rotatable bonds is 6. The van der Waals surface area contributed by atoms with Crippen LogP contribution in [-0.4, -0.2) is 41.4 Å². The Kier molecular flexibility index (Phi) is 5.42. The quantitative estimate of drug-likeness (QED) is 0.809. The van der Waals surface area contributed by atoms with E-state index in [2.05, 4.69) is 11.8 Å². The smallest absolute Gasteiger partial charge is 0.256 e. The fourth-order valence-electron chi connectivity index (χ4n) is 3.09. The van der Waals surface area contributed by atoms with Crippen molar-refractivity contribution in [1.82, 2.24) is 9.47 Å². The lowest BCUT2D eigenvalue weighted by Crippen LogP contribution is -2.39. The van der Waals surface area contributed by atoms with E-state index in [1.54, 1.807) is 21.0 Å². The minimum Gasteiger partial charge on any atom is -0.386 e. The second-order valence-corrected chi connectivity index (χ2v) is 6.51. The molecule has 0 radical (unpaired) electrons. The van der Waals surface area contributed by atoms with Crippen LogP contribution < -0.4 is 5.56 Å². The van der Waals surface area contributed by atoms with E-state index < -0.39 is 5.60 Å². The molecule has 0 fully saturated rings. The zero-order chi connectivity index (χ0) is 16.3. The minimum absolute atomic E-state index is 0.0627. The molecule has 1 aliphatic rings. The van der Waals surface area contributed by atoms with E-state index in [4.69, 9.17) is 4.74 Å². The Morgan fingerprint density at radius 2 is 2.14 bits per heavy atom. The number of pyridine rings is 1. The Morgan fingerprint density at radius 1 is 1.41 bits per heavy atom. The molecule has 124 valence electrons. The first-order valence-corrected chi connectivity index (χ1v) is 8.08. The third-order valence-corrected chi connectivity index (χ3v) is 4.39. The lowest BCUT2D eigenvalue weighted by Gasteiger charge is -2.31. The molecule has 0 aliphatic carbocycles. The first kappa shape index (κ1) is 17.2. The molecule has 0 spiro atoms. The molecule has 2 rings (SSSR count). The maximum Gasteiger partial charge on any atom is 0.256 e. The van der Waals surface area contributed by atoms with Crippen LogP contribution in [0, 0.1) is 0 Å². The van der Waals surface area contributed by atoms with Gasteiger partial charge in [0.25, 0.3) is 5.56 Å². The van der Waals surface area contributed by atoms with E-state index >= 15 is 0 Å². The number of aliphatic hydroxyl groups is 1. The third-order valence-electron chi connectivity index (χ3n) is 4.39. The van der Waals surface area contributed by atoms with Crippen molar-refractivity contribution in [3.05, 3.63) is 33.2 Å². The highest BCUT2D eigenvalue weighted by molar-refractivity contribution is 5.31. The van der Waals surface area contributed by atoms with Crippen LogP contribution in [0.4, 0.5) is 0 Å². The van der Waals surface area contributed by atoms with Crippen molar-refractivity contribution < 1.29 is 9.84 Å². The molecule has 1 aliphatic heterocycles. The van der Waals surface area contributed by atoms with Gasteiger partial charge in [0.1, 0.15) is 0 Å². The zero-order valence-corrected chi connectivity index (χ0v) is 14.2. The highest BCUT2D eigenvalue weighted by Crippen LogP contribution is 2.23. The topological polar surface area (TPSA) is 54.7 Å². The summed E-state index contributed by atoms with van der Waals surface area (Å²) in [4.78, 5) is 15.1. The van der Waals surface area contributed by atoms with Crippen molar-refractivity contribution in [3.63, 3.8) is 0 Å². The molecule has 1 aromatic rings. The van der Waals surface area contributed by atoms with E-state index in [1.165, 1.54) is 5.56 Å². The van der Waals surface area contributed by atoms with Gasteiger partial charge in [-0.3, -0.25) is 9.69 Å². The summed E-state index contributed by atoms with van der Waals surface area (Å²) in [6.45, 7) is 9.61. The molecular weight excluding hydrogens is 280 g/mol. The van der Waals surface area contributed by atoms with E-state index in [-0.39, 0.29) is 5.56 Å². The second kappa shape index (κ2) is 6.94. The SMILES string of the molecule is CCN1CCc2c(cc(C(C)(C)O)c(=O)n2CCCOC)C1. The standard InChI is InChI=1S/C17H28N2O3/c1-5-18-9-7-15-13(12-18)11-14(17(2,3)21)16(20)19(15)8-6-10-22-4/h11,21H,5-10,12H2,1-4H3. The average Bonchev–Trinajstić information content (AvgIpc) is 2.47. The van der Waals surface area contributed by atoms with Gasteiger partial charge in [0.2, 0.25) is 0 Å².